The van der Waals surface area contributed by atoms with Gasteiger partial charge in [0, 0.05) is 12.6 Å². The van der Waals surface area contributed by atoms with Crippen LogP contribution in [0.4, 0.5) is 0 Å². The van der Waals surface area contributed by atoms with E-state index in [4.69, 9.17) is 10.9 Å². The molecule has 0 bridgehead atoms. The number of rotatable bonds is 7. The maximum Gasteiger partial charge on any atom is 0.238 e. The van der Waals surface area contributed by atoms with Crippen LogP contribution in [0.1, 0.15) is 27.2 Å². The molecule has 0 spiro atoms. The number of hydrogen-bond donors (Lipinski definition) is 3. The van der Waals surface area contributed by atoms with Gasteiger partial charge in [-0.05, 0) is 19.9 Å². The Labute approximate surface area is 91.6 Å². The number of aliphatic hydroxyl groups is 1. The molecule has 0 fully saturated rings. The molecule has 2 unspecified atom stereocenters. The first-order valence-electron chi connectivity index (χ1n) is 5.43. The van der Waals surface area contributed by atoms with Crippen molar-refractivity contribution in [3.8, 4) is 0 Å². The zero-order valence-electron chi connectivity index (χ0n) is 9.86. The lowest BCUT2D eigenvalue weighted by molar-refractivity contribution is -0.126. The minimum atomic E-state index is -0.173. The molecule has 0 aliphatic rings. The molecule has 5 nitrogen and oxygen atoms in total. The molecule has 0 aromatic heterocycles. The molecule has 15 heavy (non-hydrogen) atoms. The van der Waals surface area contributed by atoms with Crippen LogP contribution in [0.25, 0.3) is 0 Å². The summed E-state index contributed by atoms with van der Waals surface area (Å²) in [7, 11) is 0. The second-order valence-corrected chi connectivity index (χ2v) is 3.80. The lowest BCUT2D eigenvalue weighted by atomic mass is 10.0. The molecular weight excluding hydrogens is 194 g/mol. The Kier molecular flexibility index (Phi) is 7.29. The molecule has 5 heteroatoms. The van der Waals surface area contributed by atoms with Gasteiger partial charge < -0.3 is 5.11 Å². The van der Waals surface area contributed by atoms with Crippen molar-refractivity contribution in [1.29, 1.82) is 0 Å². The van der Waals surface area contributed by atoms with Gasteiger partial charge in [-0.25, -0.2) is 5.84 Å². The van der Waals surface area contributed by atoms with Gasteiger partial charge in [-0.3, -0.25) is 15.1 Å². The summed E-state index contributed by atoms with van der Waals surface area (Å²) in [6.07, 6.45) is 1.00. The van der Waals surface area contributed by atoms with E-state index < -0.39 is 0 Å². The average molecular weight is 217 g/mol. The van der Waals surface area contributed by atoms with E-state index in [0.717, 1.165) is 13.0 Å². The topological polar surface area (TPSA) is 78.6 Å². The standard InChI is InChI=1S/C10H23N3O2/c1-4-5-13(6-7-14)9(3)8(2)10(15)12-11/h8-9,14H,4-7,11H2,1-3H3,(H,12,15). The molecular formula is C10H23N3O2. The van der Waals surface area contributed by atoms with Crippen LogP contribution in [0, 0.1) is 5.92 Å². The Hall–Kier alpha value is -0.650. The summed E-state index contributed by atoms with van der Waals surface area (Å²) in [6.45, 7) is 7.48. The van der Waals surface area contributed by atoms with E-state index in [9.17, 15) is 4.79 Å². The smallest absolute Gasteiger partial charge is 0.238 e. The van der Waals surface area contributed by atoms with Gasteiger partial charge in [-0.2, -0.15) is 0 Å². The number of amides is 1. The van der Waals surface area contributed by atoms with Crippen LogP contribution in [-0.2, 0) is 4.79 Å². The number of aliphatic hydroxyl groups excluding tert-OH is 1. The third-order valence-electron chi connectivity index (χ3n) is 2.75. The third-order valence-corrected chi connectivity index (χ3v) is 2.75. The average Bonchev–Trinajstić information content (AvgIpc) is 2.25. The van der Waals surface area contributed by atoms with E-state index in [1.54, 1.807) is 0 Å². The van der Waals surface area contributed by atoms with Gasteiger partial charge >= 0.3 is 0 Å². The molecule has 90 valence electrons. The van der Waals surface area contributed by atoms with Crippen molar-refractivity contribution in [2.45, 2.75) is 33.2 Å². The van der Waals surface area contributed by atoms with E-state index >= 15 is 0 Å². The van der Waals surface area contributed by atoms with Crippen LogP contribution >= 0.6 is 0 Å². The highest BCUT2D eigenvalue weighted by Crippen LogP contribution is 2.11. The lowest BCUT2D eigenvalue weighted by Gasteiger charge is -2.31. The van der Waals surface area contributed by atoms with E-state index in [2.05, 4.69) is 17.2 Å². The number of carbonyl (C=O) groups is 1. The summed E-state index contributed by atoms with van der Waals surface area (Å²) < 4.78 is 0. The Bertz CT molecular complexity index is 182. The number of carbonyl (C=O) groups excluding carboxylic acids is 1. The molecule has 2 atom stereocenters. The molecule has 1 amide bonds. The van der Waals surface area contributed by atoms with Gasteiger partial charge in [-0.1, -0.05) is 13.8 Å². The molecule has 0 heterocycles. The summed E-state index contributed by atoms with van der Waals surface area (Å²) in [6, 6.07) is 0.0839. The minimum absolute atomic E-state index is 0.0839. The maximum atomic E-state index is 11.3. The van der Waals surface area contributed by atoms with Crippen LogP contribution < -0.4 is 11.3 Å². The minimum Gasteiger partial charge on any atom is -0.395 e. The quantitative estimate of drug-likeness (QED) is 0.311. The maximum absolute atomic E-state index is 11.3. The number of hydrazine groups is 1. The van der Waals surface area contributed by atoms with Gasteiger partial charge in [-0.15, -0.1) is 0 Å². The normalized spacial score (nSPS) is 15.1. The summed E-state index contributed by atoms with van der Waals surface area (Å²) >= 11 is 0. The van der Waals surface area contributed by atoms with Crippen molar-refractivity contribution < 1.29 is 9.90 Å². The van der Waals surface area contributed by atoms with Crippen molar-refractivity contribution in [3.05, 3.63) is 0 Å². The van der Waals surface area contributed by atoms with E-state index in [-0.39, 0.29) is 24.5 Å². The van der Waals surface area contributed by atoms with Crippen molar-refractivity contribution in [3.63, 3.8) is 0 Å². The van der Waals surface area contributed by atoms with Crippen molar-refractivity contribution in [2.75, 3.05) is 19.7 Å². The number of nitrogens with two attached hydrogens (primary N) is 1. The molecule has 0 saturated heterocycles. The highest BCUT2D eigenvalue weighted by atomic mass is 16.3. The molecule has 4 N–H and O–H groups in total. The highest BCUT2D eigenvalue weighted by Gasteiger charge is 2.24. The molecule has 0 rings (SSSR count). The fourth-order valence-electron chi connectivity index (χ4n) is 1.60. The fourth-order valence-corrected chi connectivity index (χ4v) is 1.60. The van der Waals surface area contributed by atoms with Crippen LogP contribution in [0.5, 0.6) is 0 Å². The molecule has 0 saturated carbocycles. The second kappa shape index (κ2) is 7.62. The van der Waals surface area contributed by atoms with Crippen LogP contribution in [0.2, 0.25) is 0 Å². The molecule has 0 aromatic carbocycles. The number of hydrogen-bond acceptors (Lipinski definition) is 4. The molecule has 0 radical (unpaired) electrons. The summed E-state index contributed by atoms with van der Waals surface area (Å²) in [5.74, 6) is 4.75. The van der Waals surface area contributed by atoms with Crippen LogP contribution in [0.15, 0.2) is 0 Å². The fraction of sp³-hybridized carbons (Fsp3) is 0.900. The summed E-state index contributed by atoms with van der Waals surface area (Å²) in [4.78, 5) is 13.4. The lowest BCUT2D eigenvalue weighted by Crippen LogP contribution is -2.47. The molecule has 0 aliphatic carbocycles. The van der Waals surface area contributed by atoms with Crippen molar-refractivity contribution in [1.82, 2.24) is 10.3 Å². The van der Waals surface area contributed by atoms with E-state index in [1.807, 2.05) is 13.8 Å². The van der Waals surface area contributed by atoms with E-state index in [0.29, 0.717) is 6.54 Å². The first-order chi connectivity index (χ1) is 7.08. The van der Waals surface area contributed by atoms with Crippen molar-refractivity contribution >= 4 is 5.91 Å². The Morgan fingerprint density at radius 3 is 2.47 bits per heavy atom. The number of nitrogens with one attached hydrogen (secondary N) is 1. The SMILES string of the molecule is CCCN(CCO)C(C)C(C)C(=O)NN. The summed E-state index contributed by atoms with van der Waals surface area (Å²) in [5, 5.41) is 8.92. The first-order valence-corrected chi connectivity index (χ1v) is 5.43. The van der Waals surface area contributed by atoms with Gasteiger partial charge in [0.2, 0.25) is 5.91 Å². The molecule has 0 aliphatic heterocycles. The van der Waals surface area contributed by atoms with Gasteiger partial charge in [0.05, 0.1) is 12.5 Å². The van der Waals surface area contributed by atoms with Gasteiger partial charge in [0.25, 0.3) is 0 Å². The van der Waals surface area contributed by atoms with Gasteiger partial charge in [0.1, 0.15) is 0 Å². The highest BCUT2D eigenvalue weighted by molar-refractivity contribution is 5.78. The predicted molar refractivity (Wildman–Crippen MR) is 59.9 cm³/mol. The zero-order valence-corrected chi connectivity index (χ0v) is 9.86. The molecule has 0 aromatic rings. The Balaban J connectivity index is 4.32. The second-order valence-electron chi connectivity index (χ2n) is 3.80. The van der Waals surface area contributed by atoms with Gasteiger partial charge in [0.15, 0.2) is 0 Å². The Morgan fingerprint density at radius 2 is 2.07 bits per heavy atom. The van der Waals surface area contributed by atoms with Crippen LogP contribution in [0.3, 0.4) is 0 Å². The van der Waals surface area contributed by atoms with Crippen molar-refractivity contribution in [2.24, 2.45) is 11.8 Å². The van der Waals surface area contributed by atoms with E-state index in [1.165, 1.54) is 0 Å². The summed E-state index contributed by atoms with van der Waals surface area (Å²) in [5.41, 5.74) is 2.16. The van der Waals surface area contributed by atoms with Crippen LogP contribution in [-0.4, -0.2) is 41.7 Å². The largest absolute Gasteiger partial charge is 0.395 e. The third kappa shape index (κ3) is 4.59. The zero-order chi connectivity index (χ0) is 11.8. The Morgan fingerprint density at radius 1 is 1.47 bits per heavy atom. The predicted octanol–water partition coefficient (Wildman–Crippen LogP) is -0.295. The first kappa shape index (κ1) is 14.3. The number of nitrogens with zero attached hydrogens (tertiary/aromatic N) is 1. The monoisotopic (exact) mass is 217 g/mol.